The first-order valence-electron chi connectivity index (χ1n) is 8.82. The molecule has 5 nitrogen and oxygen atoms in total. The molecule has 0 aliphatic carbocycles. The second kappa shape index (κ2) is 8.81. The Labute approximate surface area is 158 Å². The van der Waals surface area contributed by atoms with Gasteiger partial charge in [0, 0.05) is 37.1 Å². The molecule has 1 aliphatic rings. The summed E-state index contributed by atoms with van der Waals surface area (Å²) >= 11 is 5.94. The van der Waals surface area contributed by atoms with Gasteiger partial charge < -0.3 is 10.2 Å². The highest BCUT2D eigenvalue weighted by atomic mass is 35.5. The number of rotatable bonds is 5. The molecule has 1 fully saturated rings. The Morgan fingerprint density at radius 3 is 2.69 bits per heavy atom. The molecule has 136 valence electrons. The minimum atomic E-state index is 0.00105. The van der Waals surface area contributed by atoms with Gasteiger partial charge in [-0.3, -0.25) is 14.6 Å². The van der Waals surface area contributed by atoms with Gasteiger partial charge in [-0.25, -0.2) is 0 Å². The topological polar surface area (TPSA) is 62.3 Å². The van der Waals surface area contributed by atoms with Crippen LogP contribution in [-0.4, -0.2) is 41.3 Å². The number of piperidine rings is 1. The standard InChI is InChI=1S/C20H22ClN3O2/c21-18-5-1-3-16(11-18)12-19(25)23-13-15-6-9-24(10-7-15)20(26)17-4-2-8-22-14-17/h1-5,8,11,14-15H,6-7,9-10,12-13H2,(H,23,25). The molecule has 2 amide bonds. The zero-order chi connectivity index (χ0) is 18.4. The third-order valence-corrected chi connectivity index (χ3v) is 4.89. The summed E-state index contributed by atoms with van der Waals surface area (Å²) in [5, 5.41) is 3.64. The molecule has 3 rings (SSSR count). The molecule has 1 N–H and O–H groups in total. The lowest BCUT2D eigenvalue weighted by molar-refractivity contribution is -0.120. The van der Waals surface area contributed by atoms with Crippen molar-refractivity contribution in [2.45, 2.75) is 19.3 Å². The van der Waals surface area contributed by atoms with Crippen LogP contribution < -0.4 is 5.32 Å². The van der Waals surface area contributed by atoms with Crippen molar-refractivity contribution in [3.05, 3.63) is 64.9 Å². The monoisotopic (exact) mass is 371 g/mol. The third kappa shape index (κ3) is 5.05. The SMILES string of the molecule is O=C(Cc1cccc(Cl)c1)NCC1CCN(C(=O)c2cccnc2)CC1. The molecule has 2 heterocycles. The van der Waals surface area contributed by atoms with Gasteiger partial charge in [-0.1, -0.05) is 23.7 Å². The lowest BCUT2D eigenvalue weighted by Crippen LogP contribution is -2.41. The highest BCUT2D eigenvalue weighted by molar-refractivity contribution is 6.30. The number of aromatic nitrogens is 1. The van der Waals surface area contributed by atoms with Crippen LogP contribution in [0.25, 0.3) is 0 Å². The first-order valence-corrected chi connectivity index (χ1v) is 9.20. The zero-order valence-electron chi connectivity index (χ0n) is 14.5. The number of hydrogen-bond acceptors (Lipinski definition) is 3. The molecule has 0 bridgehead atoms. The fraction of sp³-hybridized carbons (Fsp3) is 0.350. The Morgan fingerprint density at radius 1 is 1.19 bits per heavy atom. The van der Waals surface area contributed by atoms with E-state index in [1.807, 2.05) is 23.1 Å². The molecule has 26 heavy (non-hydrogen) atoms. The Kier molecular flexibility index (Phi) is 6.23. The van der Waals surface area contributed by atoms with E-state index in [0.29, 0.717) is 42.6 Å². The van der Waals surface area contributed by atoms with Crippen LogP contribution in [0.5, 0.6) is 0 Å². The molecule has 0 spiro atoms. The average molecular weight is 372 g/mol. The number of nitrogens with one attached hydrogen (secondary N) is 1. The average Bonchev–Trinajstić information content (AvgIpc) is 2.67. The van der Waals surface area contributed by atoms with Crippen LogP contribution in [0, 0.1) is 5.92 Å². The first kappa shape index (κ1) is 18.4. The lowest BCUT2D eigenvalue weighted by Gasteiger charge is -2.32. The number of pyridine rings is 1. The number of benzene rings is 1. The summed E-state index contributed by atoms with van der Waals surface area (Å²) in [4.78, 5) is 30.4. The van der Waals surface area contributed by atoms with Crippen molar-refractivity contribution >= 4 is 23.4 Å². The van der Waals surface area contributed by atoms with Crippen LogP contribution in [0.15, 0.2) is 48.8 Å². The van der Waals surface area contributed by atoms with Gasteiger partial charge in [0.25, 0.3) is 5.91 Å². The molecule has 6 heteroatoms. The molecule has 1 aromatic heterocycles. The molecule has 0 saturated carbocycles. The van der Waals surface area contributed by atoms with Crippen molar-refractivity contribution < 1.29 is 9.59 Å². The number of amides is 2. The summed E-state index contributed by atoms with van der Waals surface area (Å²) in [6.07, 6.45) is 5.38. The molecule has 0 unspecified atom stereocenters. The predicted octanol–water partition coefficient (Wildman–Crippen LogP) is 2.95. The van der Waals surface area contributed by atoms with E-state index < -0.39 is 0 Å². The van der Waals surface area contributed by atoms with E-state index in [1.165, 1.54) is 0 Å². The highest BCUT2D eigenvalue weighted by Crippen LogP contribution is 2.18. The summed E-state index contributed by atoms with van der Waals surface area (Å²) in [5.74, 6) is 0.430. The molecule has 1 aliphatic heterocycles. The highest BCUT2D eigenvalue weighted by Gasteiger charge is 2.24. The quantitative estimate of drug-likeness (QED) is 0.878. The minimum absolute atomic E-state index is 0.00105. The van der Waals surface area contributed by atoms with E-state index in [0.717, 1.165) is 18.4 Å². The second-order valence-electron chi connectivity index (χ2n) is 6.59. The third-order valence-electron chi connectivity index (χ3n) is 4.65. The van der Waals surface area contributed by atoms with Crippen molar-refractivity contribution in [3.63, 3.8) is 0 Å². The Bertz CT molecular complexity index is 759. The van der Waals surface area contributed by atoms with Gasteiger partial charge >= 0.3 is 0 Å². The maximum Gasteiger partial charge on any atom is 0.255 e. The Hall–Kier alpha value is -2.40. The predicted molar refractivity (Wildman–Crippen MR) is 101 cm³/mol. The smallest absolute Gasteiger partial charge is 0.255 e. The summed E-state index contributed by atoms with van der Waals surface area (Å²) in [5.41, 5.74) is 1.53. The molecule has 1 saturated heterocycles. The van der Waals surface area contributed by atoms with E-state index in [-0.39, 0.29) is 11.8 Å². The van der Waals surface area contributed by atoms with Gasteiger partial charge in [-0.05, 0) is 48.6 Å². The van der Waals surface area contributed by atoms with Crippen molar-refractivity contribution in [1.82, 2.24) is 15.2 Å². The van der Waals surface area contributed by atoms with Crippen LogP contribution in [0.1, 0.15) is 28.8 Å². The maximum absolute atomic E-state index is 12.4. The Balaban J connectivity index is 1.41. The van der Waals surface area contributed by atoms with Crippen molar-refractivity contribution in [2.75, 3.05) is 19.6 Å². The molecular formula is C20H22ClN3O2. The first-order chi connectivity index (χ1) is 12.6. The van der Waals surface area contributed by atoms with Gasteiger partial charge in [-0.2, -0.15) is 0 Å². The van der Waals surface area contributed by atoms with Crippen LogP contribution in [0.4, 0.5) is 0 Å². The van der Waals surface area contributed by atoms with Gasteiger partial charge in [0.05, 0.1) is 12.0 Å². The zero-order valence-corrected chi connectivity index (χ0v) is 15.3. The largest absolute Gasteiger partial charge is 0.356 e. The number of hydrogen-bond donors (Lipinski definition) is 1. The fourth-order valence-corrected chi connectivity index (χ4v) is 3.38. The molecule has 1 aromatic carbocycles. The second-order valence-corrected chi connectivity index (χ2v) is 7.02. The number of halogens is 1. The van der Waals surface area contributed by atoms with Crippen LogP contribution in [-0.2, 0) is 11.2 Å². The molecule has 0 atom stereocenters. The van der Waals surface area contributed by atoms with Gasteiger partial charge in [0.2, 0.25) is 5.91 Å². The van der Waals surface area contributed by atoms with Crippen molar-refractivity contribution in [1.29, 1.82) is 0 Å². The van der Waals surface area contributed by atoms with E-state index >= 15 is 0 Å². The normalized spacial score (nSPS) is 14.9. The molecule has 0 radical (unpaired) electrons. The van der Waals surface area contributed by atoms with Gasteiger partial charge in [0.1, 0.15) is 0 Å². The van der Waals surface area contributed by atoms with Crippen molar-refractivity contribution in [2.24, 2.45) is 5.92 Å². The number of carbonyl (C=O) groups is 2. The fourth-order valence-electron chi connectivity index (χ4n) is 3.17. The van der Waals surface area contributed by atoms with Gasteiger partial charge in [0.15, 0.2) is 0 Å². The van der Waals surface area contributed by atoms with E-state index in [1.54, 1.807) is 30.6 Å². The summed E-state index contributed by atoms with van der Waals surface area (Å²) < 4.78 is 0. The summed E-state index contributed by atoms with van der Waals surface area (Å²) in [6.45, 7) is 2.07. The maximum atomic E-state index is 12.4. The van der Waals surface area contributed by atoms with Crippen LogP contribution in [0.2, 0.25) is 5.02 Å². The van der Waals surface area contributed by atoms with Gasteiger partial charge in [-0.15, -0.1) is 0 Å². The Morgan fingerprint density at radius 2 is 2.00 bits per heavy atom. The lowest BCUT2D eigenvalue weighted by atomic mass is 9.96. The molecule has 2 aromatic rings. The van der Waals surface area contributed by atoms with Crippen LogP contribution >= 0.6 is 11.6 Å². The summed E-state index contributed by atoms with van der Waals surface area (Å²) in [7, 11) is 0. The number of nitrogens with zero attached hydrogens (tertiary/aromatic N) is 2. The van der Waals surface area contributed by atoms with Crippen LogP contribution in [0.3, 0.4) is 0 Å². The van der Waals surface area contributed by atoms with E-state index in [9.17, 15) is 9.59 Å². The van der Waals surface area contributed by atoms with E-state index in [4.69, 9.17) is 11.6 Å². The minimum Gasteiger partial charge on any atom is -0.356 e. The van der Waals surface area contributed by atoms with E-state index in [2.05, 4.69) is 10.3 Å². The summed E-state index contributed by atoms with van der Waals surface area (Å²) in [6, 6.07) is 10.9. The molecular weight excluding hydrogens is 350 g/mol. The number of likely N-dealkylation sites (tertiary alicyclic amines) is 1. The van der Waals surface area contributed by atoms with Crippen molar-refractivity contribution in [3.8, 4) is 0 Å². The number of carbonyl (C=O) groups excluding carboxylic acids is 2.